The first-order valence-electron chi connectivity index (χ1n) is 14.6. The quantitative estimate of drug-likeness (QED) is 0.184. The summed E-state index contributed by atoms with van der Waals surface area (Å²) in [6.07, 6.45) is 4.75. The van der Waals surface area contributed by atoms with Gasteiger partial charge in [0.25, 0.3) is 0 Å². The molecule has 1 N–H and O–H groups in total. The third kappa shape index (κ3) is 6.09. The third-order valence-corrected chi connectivity index (χ3v) is 7.58. The molecule has 46 heavy (non-hydrogen) atoms. The van der Waals surface area contributed by atoms with Gasteiger partial charge in [-0.2, -0.15) is 15.5 Å². The summed E-state index contributed by atoms with van der Waals surface area (Å²) in [5.74, 6) is 2.19. The fourth-order valence-corrected chi connectivity index (χ4v) is 5.33. The molecule has 0 atom stereocenters. The first kappa shape index (κ1) is 28.3. The van der Waals surface area contributed by atoms with Crippen LogP contribution in [0, 0.1) is 11.3 Å². The van der Waals surface area contributed by atoms with Crippen molar-refractivity contribution in [2.75, 3.05) is 0 Å². The van der Waals surface area contributed by atoms with Gasteiger partial charge >= 0.3 is 0 Å². The van der Waals surface area contributed by atoms with Crippen LogP contribution in [0.15, 0.2) is 134 Å². The zero-order chi connectivity index (χ0) is 31.3. The van der Waals surface area contributed by atoms with Crippen LogP contribution in [0.1, 0.15) is 16.7 Å². The Labute approximate surface area is 265 Å². The summed E-state index contributed by atoms with van der Waals surface area (Å²) >= 11 is 0. The normalized spacial score (nSPS) is 10.8. The predicted octanol–water partition coefficient (Wildman–Crippen LogP) is 7.34. The van der Waals surface area contributed by atoms with E-state index in [9.17, 15) is 10.4 Å². The average Bonchev–Trinajstić information content (AvgIpc) is 3.79. The highest BCUT2D eigenvalue weighted by atomic mass is 16.5. The predicted molar refractivity (Wildman–Crippen MR) is 174 cm³/mol. The molecular formula is C37H27N7O2. The molecule has 0 fully saturated rings. The molecule has 0 saturated carbocycles. The minimum absolute atomic E-state index is 0.179. The van der Waals surface area contributed by atoms with Crippen LogP contribution in [0.25, 0.3) is 33.6 Å². The van der Waals surface area contributed by atoms with Crippen LogP contribution in [0.5, 0.6) is 17.2 Å². The van der Waals surface area contributed by atoms with Gasteiger partial charge in [-0.3, -0.25) is 0 Å². The smallest absolute Gasteiger partial charge is 0.182 e. The fraction of sp³-hybridized carbons (Fsp3) is 0.0541. The maximum atomic E-state index is 10.3. The Bertz CT molecular complexity index is 2130. The average molecular weight is 602 g/mol. The molecule has 0 aliphatic rings. The number of para-hydroxylation sites is 2. The number of nitriles is 1. The summed E-state index contributed by atoms with van der Waals surface area (Å²) in [6, 6.07) is 39.2. The van der Waals surface area contributed by atoms with Gasteiger partial charge in [-0.1, -0.05) is 72.8 Å². The van der Waals surface area contributed by atoms with Gasteiger partial charge in [0.05, 0.1) is 18.7 Å². The number of aromatic nitrogens is 6. The Morgan fingerprint density at radius 2 is 1.48 bits per heavy atom. The Kier molecular flexibility index (Phi) is 7.74. The molecule has 222 valence electrons. The molecule has 0 bridgehead atoms. The van der Waals surface area contributed by atoms with Gasteiger partial charge < -0.3 is 9.84 Å². The van der Waals surface area contributed by atoms with Crippen LogP contribution in [0.2, 0.25) is 0 Å². The molecular weight excluding hydrogens is 574 g/mol. The first-order chi connectivity index (χ1) is 22.6. The van der Waals surface area contributed by atoms with Gasteiger partial charge in [0.15, 0.2) is 5.82 Å². The lowest BCUT2D eigenvalue weighted by Gasteiger charge is -2.12. The van der Waals surface area contributed by atoms with Gasteiger partial charge in [0, 0.05) is 11.1 Å². The molecule has 9 heteroatoms. The molecule has 0 aliphatic heterocycles. The van der Waals surface area contributed by atoms with E-state index in [1.54, 1.807) is 34.2 Å². The number of benzene rings is 5. The molecule has 7 rings (SSSR count). The Hall–Kier alpha value is -6.53. The molecule has 0 saturated heterocycles. The number of ether oxygens (including phenoxy) is 1. The summed E-state index contributed by atoms with van der Waals surface area (Å²) in [6.45, 7) is 0.856. The fourth-order valence-electron chi connectivity index (χ4n) is 5.33. The van der Waals surface area contributed by atoms with E-state index in [-0.39, 0.29) is 5.75 Å². The van der Waals surface area contributed by atoms with Crippen LogP contribution < -0.4 is 4.74 Å². The standard InChI is InChI=1S/C37H27N7O2/c38-20-35-30(22-43-24-39-23-41-43)18-29(27-14-16-31(45)17-15-27)19-34(35)37-40-25-44(42-37)21-26-10-12-28(13-11-26)33-8-4-5-9-36(33)46-32-6-2-1-3-7-32/h1-19,23-25,45H,21-22H2. The lowest BCUT2D eigenvalue weighted by atomic mass is 9.94. The van der Waals surface area contributed by atoms with E-state index < -0.39 is 0 Å². The molecule has 0 unspecified atom stereocenters. The van der Waals surface area contributed by atoms with Crippen molar-refractivity contribution in [3.63, 3.8) is 0 Å². The van der Waals surface area contributed by atoms with E-state index >= 15 is 0 Å². The second-order valence-electron chi connectivity index (χ2n) is 10.7. The van der Waals surface area contributed by atoms with Crippen molar-refractivity contribution < 1.29 is 9.84 Å². The number of phenols is 1. The molecule has 0 radical (unpaired) electrons. The zero-order valence-electron chi connectivity index (χ0n) is 24.6. The van der Waals surface area contributed by atoms with Crippen molar-refractivity contribution in [1.82, 2.24) is 29.5 Å². The van der Waals surface area contributed by atoms with Crippen molar-refractivity contribution in [2.24, 2.45) is 0 Å². The molecule has 0 amide bonds. The number of nitrogens with zero attached hydrogens (tertiary/aromatic N) is 7. The summed E-state index contributed by atoms with van der Waals surface area (Å²) in [7, 11) is 0. The number of hydrogen-bond donors (Lipinski definition) is 1. The van der Waals surface area contributed by atoms with Gasteiger partial charge in [-0.05, 0) is 70.3 Å². The van der Waals surface area contributed by atoms with E-state index in [0.29, 0.717) is 30.0 Å². The van der Waals surface area contributed by atoms with E-state index in [1.165, 1.54) is 6.33 Å². The molecule has 5 aromatic carbocycles. The highest BCUT2D eigenvalue weighted by Crippen LogP contribution is 2.34. The second kappa shape index (κ2) is 12.6. The largest absolute Gasteiger partial charge is 0.508 e. The molecule has 7 aromatic rings. The molecule has 2 heterocycles. The van der Waals surface area contributed by atoms with Crippen molar-refractivity contribution in [3.8, 4) is 57.0 Å². The minimum Gasteiger partial charge on any atom is -0.508 e. The Morgan fingerprint density at radius 1 is 0.717 bits per heavy atom. The van der Waals surface area contributed by atoms with Crippen LogP contribution in [-0.2, 0) is 13.1 Å². The van der Waals surface area contributed by atoms with Crippen LogP contribution in [0.4, 0.5) is 0 Å². The van der Waals surface area contributed by atoms with Crippen LogP contribution in [-0.4, -0.2) is 34.6 Å². The molecule has 2 aromatic heterocycles. The van der Waals surface area contributed by atoms with Crippen molar-refractivity contribution in [3.05, 3.63) is 151 Å². The Balaban J connectivity index is 1.16. The van der Waals surface area contributed by atoms with Gasteiger partial charge in [-0.25, -0.2) is 19.3 Å². The third-order valence-electron chi connectivity index (χ3n) is 7.58. The van der Waals surface area contributed by atoms with Crippen molar-refractivity contribution >= 4 is 0 Å². The van der Waals surface area contributed by atoms with E-state index in [1.807, 2.05) is 78.9 Å². The highest BCUT2D eigenvalue weighted by molar-refractivity contribution is 5.77. The van der Waals surface area contributed by atoms with Crippen LogP contribution in [0.3, 0.4) is 0 Å². The highest BCUT2D eigenvalue weighted by Gasteiger charge is 2.18. The summed E-state index contributed by atoms with van der Waals surface area (Å²) in [4.78, 5) is 8.64. The van der Waals surface area contributed by atoms with Gasteiger partial charge in [0.1, 0.15) is 42.3 Å². The lowest BCUT2D eigenvalue weighted by molar-refractivity contribution is 0.475. The topological polar surface area (TPSA) is 115 Å². The van der Waals surface area contributed by atoms with Crippen molar-refractivity contribution in [1.29, 1.82) is 5.26 Å². The maximum absolute atomic E-state index is 10.3. The SMILES string of the molecule is N#Cc1c(Cn2cncn2)cc(-c2ccc(O)cc2)cc1-c1ncn(Cc2ccc(-c3ccccc3Oc3ccccc3)cc2)n1. The summed E-state index contributed by atoms with van der Waals surface area (Å²) in [5.41, 5.74) is 6.69. The molecule has 9 nitrogen and oxygen atoms in total. The van der Waals surface area contributed by atoms with E-state index in [2.05, 4.69) is 45.4 Å². The second-order valence-corrected chi connectivity index (χ2v) is 10.7. The zero-order valence-corrected chi connectivity index (χ0v) is 24.6. The number of rotatable bonds is 9. The van der Waals surface area contributed by atoms with Crippen molar-refractivity contribution in [2.45, 2.75) is 13.1 Å². The Morgan fingerprint density at radius 3 is 2.24 bits per heavy atom. The first-order valence-corrected chi connectivity index (χ1v) is 14.6. The monoisotopic (exact) mass is 601 g/mol. The van der Waals surface area contributed by atoms with E-state index in [4.69, 9.17) is 9.84 Å². The number of phenolic OH excluding ortho intramolecular Hbond substituents is 1. The number of hydrogen-bond acceptors (Lipinski definition) is 7. The molecule has 0 spiro atoms. The number of aromatic hydroxyl groups is 1. The summed E-state index contributed by atoms with van der Waals surface area (Å²) < 4.78 is 9.60. The van der Waals surface area contributed by atoms with Gasteiger partial charge in [0.2, 0.25) is 0 Å². The van der Waals surface area contributed by atoms with Gasteiger partial charge in [-0.15, -0.1) is 0 Å². The van der Waals surface area contributed by atoms with Crippen LogP contribution >= 0.6 is 0 Å². The van der Waals surface area contributed by atoms with E-state index in [0.717, 1.165) is 44.9 Å². The summed E-state index contributed by atoms with van der Waals surface area (Å²) in [5, 5.41) is 29.1. The minimum atomic E-state index is 0.179. The maximum Gasteiger partial charge on any atom is 0.182 e. The molecule has 0 aliphatic carbocycles. The lowest BCUT2D eigenvalue weighted by Crippen LogP contribution is -2.05.